The van der Waals surface area contributed by atoms with Crippen molar-refractivity contribution in [2.45, 2.75) is 43.8 Å². The van der Waals surface area contributed by atoms with Crippen LogP contribution in [-0.4, -0.2) is 47.9 Å². The predicted molar refractivity (Wildman–Crippen MR) is 154 cm³/mol. The number of rotatable bonds is 10. The highest BCUT2D eigenvalue weighted by Gasteiger charge is 2.32. The molecular formula is C30H33FN4O4S. The number of benzene rings is 3. The maximum atomic E-state index is 14.1. The summed E-state index contributed by atoms with van der Waals surface area (Å²) < 4.78 is 14.1. The number of thioether (sulfide) groups is 1. The van der Waals surface area contributed by atoms with Crippen LogP contribution < -0.4 is 20.9 Å². The number of amides is 4. The Hall–Kier alpha value is -3.89. The molecule has 0 spiro atoms. The van der Waals surface area contributed by atoms with Crippen LogP contribution in [0.5, 0.6) is 0 Å². The van der Waals surface area contributed by atoms with Gasteiger partial charge in [0.1, 0.15) is 11.9 Å². The Morgan fingerprint density at radius 1 is 1.07 bits per heavy atom. The molecule has 3 aromatic carbocycles. The van der Waals surface area contributed by atoms with Gasteiger partial charge in [0.15, 0.2) is 0 Å². The van der Waals surface area contributed by atoms with Crippen LogP contribution in [0.25, 0.3) is 11.1 Å². The third-order valence-electron chi connectivity index (χ3n) is 6.45. The molecule has 0 fully saturated rings. The van der Waals surface area contributed by atoms with Crippen LogP contribution in [0.15, 0.2) is 71.6 Å². The zero-order valence-corrected chi connectivity index (χ0v) is 23.1. The molecule has 1 aliphatic heterocycles. The molecular weight excluding hydrogens is 531 g/mol. The van der Waals surface area contributed by atoms with E-state index in [-0.39, 0.29) is 43.4 Å². The summed E-state index contributed by atoms with van der Waals surface area (Å²) in [6, 6.07) is 18.8. The van der Waals surface area contributed by atoms with Gasteiger partial charge in [-0.1, -0.05) is 55.5 Å². The fraction of sp³-hybridized carbons (Fsp3) is 0.300. The van der Waals surface area contributed by atoms with Crippen LogP contribution in [-0.2, 0) is 22.7 Å². The number of fused-ring (bicyclic) bond motifs is 1. The lowest BCUT2D eigenvalue weighted by Gasteiger charge is -2.26. The number of nitrogens with one attached hydrogen (secondary N) is 3. The Balaban J connectivity index is 1.54. The van der Waals surface area contributed by atoms with E-state index >= 15 is 0 Å². The van der Waals surface area contributed by atoms with E-state index in [2.05, 4.69) is 16.0 Å². The second-order valence-electron chi connectivity index (χ2n) is 9.40. The fourth-order valence-corrected chi connectivity index (χ4v) is 5.57. The first kappa shape index (κ1) is 29.1. The number of halogens is 1. The fourth-order valence-electron chi connectivity index (χ4n) is 4.47. The topological polar surface area (TPSA) is 111 Å². The number of carbonyl (C=O) groups excluding carboxylic acids is 3. The van der Waals surface area contributed by atoms with Gasteiger partial charge in [0.05, 0.1) is 18.8 Å². The molecule has 0 unspecified atom stereocenters. The molecule has 4 amide bonds. The van der Waals surface area contributed by atoms with E-state index in [0.717, 1.165) is 22.3 Å². The van der Waals surface area contributed by atoms with Crippen molar-refractivity contribution in [3.63, 3.8) is 0 Å². The number of hydrogen-bond donors (Lipinski definition) is 4. The lowest BCUT2D eigenvalue weighted by Crippen LogP contribution is -2.49. The summed E-state index contributed by atoms with van der Waals surface area (Å²) in [5.74, 6) is -0.469. The molecule has 0 aliphatic carbocycles. The van der Waals surface area contributed by atoms with Crippen LogP contribution in [0.1, 0.15) is 30.9 Å². The van der Waals surface area contributed by atoms with Gasteiger partial charge in [0.2, 0.25) is 5.91 Å². The van der Waals surface area contributed by atoms with E-state index in [0.29, 0.717) is 35.7 Å². The lowest BCUT2D eigenvalue weighted by atomic mass is 9.98. The van der Waals surface area contributed by atoms with Crippen molar-refractivity contribution >= 4 is 35.3 Å². The van der Waals surface area contributed by atoms with E-state index in [1.54, 1.807) is 11.0 Å². The molecule has 0 radical (unpaired) electrons. The van der Waals surface area contributed by atoms with Crippen molar-refractivity contribution in [3.05, 3.63) is 83.7 Å². The summed E-state index contributed by atoms with van der Waals surface area (Å²) in [5.41, 5.74) is 4.32. The molecule has 1 aliphatic rings. The molecule has 1 heterocycles. The van der Waals surface area contributed by atoms with Gasteiger partial charge >= 0.3 is 6.03 Å². The van der Waals surface area contributed by atoms with E-state index in [9.17, 15) is 18.8 Å². The lowest BCUT2D eigenvalue weighted by molar-refractivity contribution is -0.127. The quantitative estimate of drug-likeness (QED) is 0.295. The van der Waals surface area contributed by atoms with Crippen LogP contribution in [0.2, 0.25) is 0 Å². The highest BCUT2D eigenvalue weighted by Crippen LogP contribution is 2.36. The van der Waals surface area contributed by atoms with Crippen molar-refractivity contribution in [1.82, 2.24) is 16.0 Å². The van der Waals surface area contributed by atoms with Gasteiger partial charge in [-0.25, -0.2) is 9.18 Å². The molecule has 4 rings (SSSR count). The number of urea groups is 1. The largest absolute Gasteiger partial charge is 0.395 e. The zero-order valence-electron chi connectivity index (χ0n) is 22.3. The van der Waals surface area contributed by atoms with Crippen molar-refractivity contribution in [2.75, 3.05) is 23.8 Å². The summed E-state index contributed by atoms with van der Waals surface area (Å²) in [4.78, 5) is 40.1. The second kappa shape index (κ2) is 14.0. The minimum absolute atomic E-state index is 0.130. The van der Waals surface area contributed by atoms with Crippen LogP contribution in [0.4, 0.5) is 14.9 Å². The number of hydrogen-bond acceptors (Lipinski definition) is 5. The van der Waals surface area contributed by atoms with E-state index in [1.807, 2.05) is 55.5 Å². The summed E-state index contributed by atoms with van der Waals surface area (Å²) in [5, 5.41) is 17.1. The zero-order chi connectivity index (χ0) is 28.5. The standard InChI is InChI=1S/C30H33FN4O4S/c1-2-5-28(37)34-25-19-40-27-16-23(31)12-13-26(27)35(29(25)38)18-20-8-10-21(11-9-20)24-7-4-3-6-22(24)17-33-30(39)32-14-15-36/h3-4,6-13,16,25,36H,2,5,14-15,17-19H2,1H3,(H,34,37)(H2,32,33,39)/t25-/m1/s1. The molecule has 0 aromatic heterocycles. The molecule has 3 aromatic rings. The van der Waals surface area contributed by atoms with Gasteiger partial charge in [-0.15, -0.1) is 11.8 Å². The average molecular weight is 565 g/mol. The SMILES string of the molecule is CCCC(=O)N[C@@H]1CSc2cc(F)ccc2N(Cc2ccc(-c3ccccc3CNC(=O)NCCO)cc2)C1=O. The molecule has 0 saturated heterocycles. The molecule has 0 bridgehead atoms. The first-order chi connectivity index (χ1) is 19.4. The van der Waals surface area contributed by atoms with Gasteiger partial charge in [-0.05, 0) is 46.9 Å². The number of aliphatic hydroxyl groups is 1. The minimum atomic E-state index is -0.715. The first-order valence-electron chi connectivity index (χ1n) is 13.2. The highest BCUT2D eigenvalue weighted by atomic mass is 32.2. The highest BCUT2D eigenvalue weighted by molar-refractivity contribution is 7.99. The Labute approximate surface area is 237 Å². The van der Waals surface area contributed by atoms with Gasteiger partial charge in [0.25, 0.3) is 5.91 Å². The number of nitrogens with zero attached hydrogens (tertiary/aromatic N) is 1. The Morgan fingerprint density at radius 3 is 2.60 bits per heavy atom. The van der Waals surface area contributed by atoms with E-state index < -0.39 is 6.04 Å². The van der Waals surface area contributed by atoms with Crippen molar-refractivity contribution in [2.24, 2.45) is 0 Å². The Bertz CT molecular complexity index is 1350. The molecule has 8 nitrogen and oxygen atoms in total. The summed E-state index contributed by atoms with van der Waals surface area (Å²) in [6.07, 6.45) is 1.01. The molecule has 1 atom stereocenters. The molecule has 40 heavy (non-hydrogen) atoms. The predicted octanol–water partition coefficient (Wildman–Crippen LogP) is 4.21. The van der Waals surface area contributed by atoms with Crippen molar-refractivity contribution < 1.29 is 23.9 Å². The maximum absolute atomic E-state index is 14.1. The monoisotopic (exact) mass is 564 g/mol. The van der Waals surface area contributed by atoms with Gasteiger partial charge in [-0.3, -0.25) is 9.59 Å². The van der Waals surface area contributed by atoms with E-state index in [4.69, 9.17) is 5.11 Å². The molecule has 210 valence electrons. The summed E-state index contributed by atoms with van der Waals surface area (Å²) in [7, 11) is 0. The average Bonchev–Trinajstić information content (AvgIpc) is 3.07. The van der Waals surface area contributed by atoms with Gasteiger partial charge in [0, 0.05) is 30.2 Å². The number of aliphatic hydroxyl groups excluding tert-OH is 1. The molecule has 4 N–H and O–H groups in total. The third kappa shape index (κ3) is 7.40. The summed E-state index contributed by atoms with van der Waals surface area (Å²) >= 11 is 1.36. The maximum Gasteiger partial charge on any atom is 0.315 e. The number of carbonyl (C=O) groups is 3. The van der Waals surface area contributed by atoms with Crippen LogP contribution in [0, 0.1) is 5.82 Å². The Kier molecular flexibility index (Phi) is 10.2. The van der Waals surface area contributed by atoms with Gasteiger partial charge < -0.3 is 26.0 Å². The van der Waals surface area contributed by atoms with Crippen molar-refractivity contribution in [3.8, 4) is 11.1 Å². The van der Waals surface area contributed by atoms with Gasteiger partial charge in [-0.2, -0.15) is 0 Å². The van der Waals surface area contributed by atoms with Crippen LogP contribution >= 0.6 is 11.8 Å². The first-order valence-corrected chi connectivity index (χ1v) is 14.2. The minimum Gasteiger partial charge on any atom is -0.395 e. The molecule has 0 saturated carbocycles. The van der Waals surface area contributed by atoms with E-state index in [1.165, 1.54) is 23.9 Å². The second-order valence-corrected chi connectivity index (χ2v) is 10.5. The summed E-state index contributed by atoms with van der Waals surface area (Å²) in [6.45, 7) is 2.52. The van der Waals surface area contributed by atoms with Crippen molar-refractivity contribution in [1.29, 1.82) is 0 Å². The smallest absolute Gasteiger partial charge is 0.315 e. The van der Waals surface area contributed by atoms with Crippen LogP contribution in [0.3, 0.4) is 0 Å². The normalized spacial score (nSPS) is 14.7. The molecule has 10 heteroatoms. The number of anilines is 1. The third-order valence-corrected chi connectivity index (χ3v) is 7.59. The Morgan fingerprint density at radius 2 is 1.85 bits per heavy atom.